The molecule has 0 saturated carbocycles. The van der Waals surface area contributed by atoms with Crippen LogP contribution in [0.15, 0.2) is 22.0 Å². The van der Waals surface area contributed by atoms with E-state index >= 15 is 0 Å². The van der Waals surface area contributed by atoms with Crippen LogP contribution < -0.4 is 0 Å². The fraction of sp³-hybridized carbons (Fsp3) is 0.588. The van der Waals surface area contributed by atoms with Crippen molar-refractivity contribution in [3.05, 3.63) is 34.1 Å². The van der Waals surface area contributed by atoms with E-state index in [1.165, 1.54) is 0 Å². The first-order valence-corrected chi connectivity index (χ1v) is 9.12. The molecule has 1 fully saturated rings. The molecule has 3 heterocycles. The fourth-order valence-electron chi connectivity index (χ4n) is 2.96. The number of thiophene rings is 1. The number of hydrogen-bond donors (Lipinski definition) is 0. The van der Waals surface area contributed by atoms with Crippen LogP contribution in [0.2, 0.25) is 0 Å². The standard InChI is InChI=1S/C17H23N3O2S/c1-12(2)9-15-18-17(22-19-15)13-5-3-7-20(11-13)16(21)10-14-6-4-8-23-14/h4,6,8,12-13H,3,5,7,9-11H2,1-2H3. The number of rotatable bonds is 5. The molecule has 0 radical (unpaired) electrons. The Kier molecular flexibility index (Phi) is 5.10. The van der Waals surface area contributed by atoms with E-state index in [4.69, 9.17) is 4.52 Å². The second-order valence-electron chi connectivity index (χ2n) is 6.58. The number of carbonyl (C=O) groups excluding carboxylic acids is 1. The predicted octanol–water partition coefficient (Wildman–Crippen LogP) is 3.28. The molecule has 2 aromatic rings. The monoisotopic (exact) mass is 333 g/mol. The minimum Gasteiger partial charge on any atom is -0.342 e. The van der Waals surface area contributed by atoms with Crippen LogP contribution in [0.4, 0.5) is 0 Å². The van der Waals surface area contributed by atoms with Crippen molar-refractivity contribution in [3.63, 3.8) is 0 Å². The van der Waals surface area contributed by atoms with Gasteiger partial charge in [-0.2, -0.15) is 4.98 Å². The van der Waals surface area contributed by atoms with Gasteiger partial charge in [-0.3, -0.25) is 4.79 Å². The van der Waals surface area contributed by atoms with E-state index in [2.05, 4.69) is 24.0 Å². The number of nitrogens with zero attached hydrogens (tertiary/aromatic N) is 3. The summed E-state index contributed by atoms with van der Waals surface area (Å²) in [6, 6.07) is 4.00. The molecule has 23 heavy (non-hydrogen) atoms. The van der Waals surface area contributed by atoms with Crippen molar-refractivity contribution in [2.75, 3.05) is 13.1 Å². The van der Waals surface area contributed by atoms with E-state index in [9.17, 15) is 4.79 Å². The molecule has 0 spiro atoms. The number of piperidine rings is 1. The highest BCUT2D eigenvalue weighted by Gasteiger charge is 2.28. The van der Waals surface area contributed by atoms with Gasteiger partial charge in [0.2, 0.25) is 11.8 Å². The van der Waals surface area contributed by atoms with E-state index in [0.717, 1.165) is 36.5 Å². The van der Waals surface area contributed by atoms with Crippen molar-refractivity contribution in [2.45, 2.75) is 45.4 Å². The average Bonchev–Trinajstić information content (AvgIpc) is 3.18. The number of hydrogen-bond acceptors (Lipinski definition) is 5. The van der Waals surface area contributed by atoms with Gasteiger partial charge in [0.15, 0.2) is 5.82 Å². The molecule has 0 aromatic carbocycles. The Labute approximate surface area is 140 Å². The molecule has 0 bridgehead atoms. The van der Waals surface area contributed by atoms with Crippen LogP contribution >= 0.6 is 11.3 Å². The molecule has 1 aliphatic rings. The van der Waals surface area contributed by atoms with Crippen LogP contribution in [-0.2, 0) is 17.6 Å². The van der Waals surface area contributed by atoms with Crippen LogP contribution in [0, 0.1) is 5.92 Å². The molecule has 0 aliphatic carbocycles. The van der Waals surface area contributed by atoms with Gasteiger partial charge < -0.3 is 9.42 Å². The van der Waals surface area contributed by atoms with Gasteiger partial charge >= 0.3 is 0 Å². The molecule has 2 aromatic heterocycles. The molecule has 0 N–H and O–H groups in total. The molecule has 1 aliphatic heterocycles. The third-order valence-corrected chi connectivity index (χ3v) is 4.98. The zero-order valence-electron chi connectivity index (χ0n) is 13.7. The molecule has 5 nitrogen and oxygen atoms in total. The maximum Gasteiger partial charge on any atom is 0.231 e. The fourth-order valence-corrected chi connectivity index (χ4v) is 3.66. The topological polar surface area (TPSA) is 59.2 Å². The van der Waals surface area contributed by atoms with Crippen LogP contribution in [-0.4, -0.2) is 34.0 Å². The Morgan fingerprint density at radius 3 is 3.13 bits per heavy atom. The van der Waals surface area contributed by atoms with Crippen molar-refractivity contribution < 1.29 is 9.32 Å². The summed E-state index contributed by atoms with van der Waals surface area (Å²) in [6.07, 6.45) is 3.32. The summed E-state index contributed by atoms with van der Waals surface area (Å²) >= 11 is 1.63. The minimum atomic E-state index is 0.171. The summed E-state index contributed by atoms with van der Waals surface area (Å²) in [5, 5.41) is 6.08. The zero-order chi connectivity index (χ0) is 16.2. The highest BCUT2D eigenvalue weighted by Crippen LogP contribution is 2.26. The lowest BCUT2D eigenvalue weighted by Crippen LogP contribution is -2.39. The summed E-state index contributed by atoms with van der Waals surface area (Å²) in [5.41, 5.74) is 0. The Morgan fingerprint density at radius 1 is 1.52 bits per heavy atom. The first-order valence-electron chi connectivity index (χ1n) is 8.24. The lowest BCUT2D eigenvalue weighted by molar-refractivity contribution is -0.131. The van der Waals surface area contributed by atoms with Crippen molar-refractivity contribution in [1.29, 1.82) is 0 Å². The van der Waals surface area contributed by atoms with E-state index < -0.39 is 0 Å². The van der Waals surface area contributed by atoms with Crippen LogP contribution in [0.5, 0.6) is 0 Å². The van der Waals surface area contributed by atoms with E-state index in [1.807, 2.05) is 22.4 Å². The lowest BCUT2D eigenvalue weighted by atomic mass is 9.97. The first-order chi connectivity index (χ1) is 11.1. The molecule has 124 valence electrons. The predicted molar refractivity (Wildman–Crippen MR) is 89.4 cm³/mol. The lowest BCUT2D eigenvalue weighted by Gasteiger charge is -2.31. The van der Waals surface area contributed by atoms with Gasteiger partial charge in [0, 0.05) is 24.4 Å². The van der Waals surface area contributed by atoms with E-state index in [-0.39, 0.29) is 11.8 Å². The van der Waals surface area contributed by atoms with Crippen LogP contribution in [0.1, 0.15) is 49.2 Å². The largest absolute Gasteiger partial charge is 0.342 e. The smallest absolute Gasteiger partial charge is 0.231 e. The van der Waals surface area contributed by atoms with Crippen molar-refractivity contribution in [2.24, 2.45) is 5.92 Å². The van der Waals surface area contributed by atoms with Crippen molar-refractivity contribution >= 4 is 17.2 Å². The van der Waals surface area contributed by atoms with Crippen LogP contribution in [0.3, 0.4) is 0 Å². The van der Waals surface area contributed by atoms with Crippen molar-refractivity contribution in [3.8, 4) is 0 Å². The summed E-state index contributed by atoms with van der Waals surface area (Å²) in [7, 11) is 0. The quantitative estimate of drug-likeness (QED) is 0.842. The summed E-state index contributed by atoms with van der Waals surface area (Å²) in [5.74, 6) is 2.34. The average molecular weight is 333 g/mol. The molecular formula is C17H23N3O2S. The van der Waals surface area contributed by atoms with Crippen molar-refractivity contribution in [1.82, 2.24) is 15.0 Å². The molecule has 1 unspecified atom stereocenters. The third-order valence-electron chi connectivity index (χ3n) is 4.10. The zero-order valence-corrected chi connectivity index (χ0v) is 14.5. The van der Waals surface area contributed by atoms with Gasteiger partial charge in [-0.1, -0.05) is 25.1 Å². The Morgan fingerprint density at radius 2 is 2.39 bits per heavy atom. The number of carbonyl (C=O) groups is 1. The third kappa shape index (κ3) is 4.19. The minimum absolute atomic E-state index is 0.171. The molecule has 1 saturated heterocycles. The first kappa shape index (κ1) is 16.2. The maximum atomic E-state index is 12.5. The van der Waals surface area contributed by atoms with Gasteiger partial charge in [-0.05, 0) is 30.2 Å². The van der Waals surface area contributed by atoms with Gasteiger partial charge in [-0.15, -0.1) is 11.3 Å². The highest BCUT2D eigenvalue weighted by molar-refractivity contribution is 7.10. The summed E-state index contributed by atoms with van der Waals surface area (Å²) in [6.45, 7) is 5.80. The SMILES string of the molecule is CC(C)Cc1noc(C2CCCN(C(=O)Cc3cccs3)C2)n1. The van der Waals surface area contributed by atoms with E-state index in [1.54, 1.807) is 11.3 Å². The Hall–Kier alpha value is -1.69. The number of aromatic nitrogens is 2. The second-order valence-corrected chi connectivity index (χ2v) is 7.61. The van der Waals surface area contributed by atoms with Gasteiger partial charge in [0.05, 0.1) is 12.3 Å². The van der Waals surface area contributed by atoms with Gasteiger partial charge in [0.25, 0.3) is 0 Å². The normalized spacial score (nSPS) is 18.6. The second kappa shape index (κ2) is 7.25. The Bertz CT molecular complexity index is 636. The number of likely N-dealkylation sites (tertiary alicyclic amines) is 1. The van der Waals surface area contributed by atoms with Gasteiger partial charge in [0.1, 0.15) is 0 Å². The number of amides is 1. The Balaban J connectivity index is 1.61. The molecular weight excluding hydrogens is 310 g/mol. The molecule has 3 rings (SSSR count). The molecule has 1 atom stereocenters. The highest BCUT2D eigenvalue weighted by atomic mass is 32.1. The summed E-state index contributed by atoms with van der Waals surface area (Å²) in [4.78, 5) is 20.1. The molecule has 1 amide bonds. The van der Waals surface area contributed by atoms with Gasteiger partial charge in [-0.25, -0.2) is 0 Å². The maximum absolute atomic E-state index is 12.5. The molecule has 6 heteroatoms. The van der Waals surface area contributed by atoms with E-state index in [0.29, 0.717) is 24.8 Å². The van der Waals surface area contributed by atoms with Crippen LogP contribution in [0.25, 0.3) is 0 Å². The summed E-state index contributed by atoms with van der Waals surface area (Å²) < 4.78 is 5.44.